The fourth-order valence-electron chi connectivity index (χ4n) is 2.02. The summed E-state index contributed by atoms with van der Waals surface area (Å²) < 4.78 is 33.3. The Kier molecular flexibility index (Phi) is 4.78. The van der Waals surface area contributed by atoms with Crippen LogP contribution in [0.15, 0.2) is 23.1 Å². The van der Waals surface area contributed by atoms with E-state index in [1.807, 2.05) is 13.8 Å². The van der Waals surface area contributed by atoms with Crippen LogP contribution in [0.1, 0.15) is 25.8 Å². The van der Waals surface area contributed by atoms with Crippen LogP contribution in [0.2, 0.25) is 0 Å². The Hall–Kier alpha value is -1.27. The van der Waals surface area contributed by atoms with Crippen molar-refractivity contribution in [1.29, 1.82) is 0 Å². The summed E-state index contributed by atoms with van der Waals surface area (Å²) in [5.74, 6) is 0.376. The summed E-state index contributed by atoms with van der Waals surface area (Å²) in [6.45, 7) is 4.27. The van der Waals surface area contributed by atoms with E-state index in [0.717, 1.165) is 5.56 Å². The number of aryl methyl sites for hydroxylation is 1. The molecule has 21 heavy (non-hydrogen) atoms. The molecule has 1 heterocycles. The molecule has 0 unspecified atom stereocenters. The number of fused-ring (bicyclic) bond motifs is 1. The highest BCUT2D eigenvalue weighted by Crippen LogP contribution is 2.31. The molecule has 5 nitrogen and oxygen atoms in total. The molecular formula is C14H17ClO5S. The van der Waals surface area contributed by atoms with Gasteiger partial charge in [0.2, 0.25) is 0 Å². The zero-order valence-electron chi connectivity index (χ0n) is 11.8. The van der Waals surface area contributed by atoms with Crippen LogP contribution < -0.4 is 4.74 Å². The summed E-state index contributed by atoms with van der Waals surface area (Å²) in [5.41, 5.74) is 0.727. The van der Waals surface area contributed by atoms with Crippen molar-refractivity contribution in [1.82, 2.24) is 0 Å². The largest absolute Gasteiger partial charge is 0.478 e. The molecule has 1 aliphatic rings. The standard InChI is InChI=1S/C14H17ClO5S/c1-9(2)8-19-14(16)13-5-3-10-7-11(21(15,17)18)4-6-12(10)20-13/h4,6-7,9,13H,3,5,8H2,1-2H3/t13-/m0/s1. The third-order valence-electron chi connectivity index (χ3n) is 3.08. The second-order valence-corrected chi connectivity index (χ2v) is 7.94. The van der Waals surface area contributed by atoms with Crippen LogP contribution >= 0.6 is 10.7 Å². The minimum absolute atomic E-state index is 0.0346. The first kappa shape index (κ1) is 16.1. The van der Waals surface area contributed by atoms with E-state index in [0.29, 0.717) is 25.2 Å². The van der Waals surface area contributed by atoms with E-state index in [1.165, 1.54) is 18.2 Å². The SMILES string of the molecule is CC(C)COC(=O)[C@@H]1CCc2cc(S(=O)(=O)Cl)ccc2O1. The van der Waals surface area contributed by atoms with Gasteiger partial charge in [0.05, 0.1) is 11.5 Å². The molecule has 0 saturated carbocycles. The maximum atomic E-state index is 11.9. The molecule has 0 amide bonds. The lowest BCUT2D eigenvalue weighted by atomic mass is 10.0. The van der Waals surface area contributed by atoms with Gasteiger partial charge in [0.25, 0.3) is 9.05 Å². The summed E-state index contributed by atoms with van der Waals surface area (Å²) in [6.07, 6.45) is 0.349. The molecule has 1 aromatic rings. The molecule has 1 atom stereocenters. The van der Waals surface area contributed by atoms with Crippen molar-refractivity contribution in [3.8, 4) is 5.75 Å². The van der Waals surface area contributed by atoms with Crippen LogP contribution in [0.3, 0.4) is 0 Å². The van der Waals surface area contributed by atoms with Crippen molar-refractivity contribution in [3.63, 3.8) is 0 Å². The first-order valence-electron chi connectivity index (χ1n) is 6.68. The lowest BCUT2D eigenvalue weighted by Gasteiger charge is -2.25. The molecule has 7 heteroatoms. The fraction of sp³-hybridized carbons (Fsp3) is 0.500. The summed E-state index contributed by atoms with van der Waals surface area (Å²) >= 11 is 0. The van der Waals surface area contributed by atoms with Crippen LogP contribution in [0.25, 0.3) is 0 Å². The van der Waals surface area contributed by atoms with Gasteiger partial charge in [-0.2, -0.15) is 0 Å². The van der Waals surface area contributed by atoms with E-state index >= 15 is 0 Å². The Morgan fingerprint density at radius 2 is 2.19 bits per heavy atom. The lowest BCUT2D eigenvalue weighted by Crippen LogP contribution is -2.33. The third-order valence-corrected chi connectivity index (χ3v) is 4.43. The van der Waals surface area contributed by atoms with Crippen molar-refractivity contribution < 1.29 is 22.7 Å². The normalized spacial score (nSPS) is 18.0. The van der Waals surface area contributed by atoms with Gasteiger partial charge in [-0.25, -0.2) is 13.2 Å². The molecule has 0 fully saturated rings. The van der Waals surface area contributed by atoms with Crippen molar-refractivity contribution in [2.24, 2.45) is 5.92 Å². The van der Waals surface area contributed by atoms with E-state index in [9.17, 15) is 13.2 Å². The summed E-state index contributed by atoms with van der Waals surface area (Å²) in [4.78, 5) is 11.9. The third kappa shape index (κ3) is 4.11. The van der Waals surface area contributed by atoms with Gasteiger partial charge in [0.15, 0.2) is 6.10 Å². The highest BCUT2D eigenvalue weighted by atomic mass is 35.7. The van der Waals surface area contributed by atoms with Crippen LogP contribution in [-0.4, -0.2) is 27.1 Å². The van der Waals surface area contributed by atoms with Gasteiger partial charge in [0.1, 0.15) is 5.75 Å². The predicted molar refractivity (Wildman–Crippen MR) is 78.0 cm³/mol. The summed E-state index contributed by atoms with van der Waals surface area (Å²) in [6, 6.07) is 4.36. The minimum atomic E-state index is -3.76. The topological polar surface area (TPSA) is 69.7 Å². The molecule has 2 rings (SSSR count). The van der Waals surface area contributed by atoms with Crippen LogP contribution in [0, 0.1) is 5.92 Å². The molecule has 0 saturated heterocycles. The first-order valence-corrected chi connectivity index (χ1v) is 8.99. The predicted octanol–water partition coefficient (Wildman–Crippen LogP) is 2.51. The Balaban J connectivity index is 2.09. The quantitative estimate of drug-likeness (QED) is 0.626. The van der Waals surface area contributed by atoms with Crippen molar-refractivity contribution in [2.75, 3.05) is 6.61 Å². The van der Waals surface area contributed by atoms with E-state index in [1.54, 1.807) is 0 Å². The Labute approximate surface area is 128 Å². The number of benzene rings is 1. The van der Waals surface area contributed by atoms with Gasteiger partial charge < -0.3 is 9.47 Å². The average molecular weight is 333 g/mol. The Bertz CT molecular complexity index is 639. The molecule has 0 spiro atoms. The zero-order chi connectivity index (χ0) is 15.6. The first-order chi connectivity index (χ1) is 9.77. The lowest BCUT2D eigenvalue weighted by molar-refractivity contribution is -0.153. The number of carbonyl (C=O) groups excluding carboxylic acids is 1. The number of rotatable bonds is 4. The van der Waals surface area contributed by atoms with Crippen molar-refractivity contribution in [3.05, 3.63) is 23.8 Å². The Morgan fingerprint density at radius 1 is 1.48 bits per heavy atom. The molecule has 0 aromatic heterocycles. The number of carbonyl (C=O) groups is 1. The number of ether oxygens (including phenoxy) is 2. The van der Waals surface area contributed by atoms with Gasteiger partial charge in [-0.3, -0.25) is 0 Å². The second-order valence-electron chi connectivity index (χ2n) is 5.38. The molecule has 116 valence electrons. The molecule has 1 aliphatic heterocycles. The van der Waals surface area contributed by atoms with Gasteiger partial charge in [-0.15, -0.1) is 0 Å². The number of halogens is 1. The number of hydrogen-bond donors (Lipinski definition) is 0. The van der Waals surface area contributed by atoms with Crippen molar-refractivity contribution >= 4 is 25.7 Å². The summed E-state index contributed by atoms with van der Waals surface area (Å²) in [5, 5.41) is 0. The molecule has 0 radical (unpaired) electrons. The second kappa shape index (κ2) is 6.23. The van der Waals surface area contributed by atoms with Crippen LogP contribution in [0.5, 0.6) is 5.75 Å². The summed E-state index contributed by atoms with van der Waals surface area (Å²) in [7, 11) is 1.55. The molecular weight excluding hydrogens is 316 g/mol. The smallest absolute Gasteiger partial charge is 0.347 e. The zero-order valence-corrected chi connectivity index (χ0v) is 13.4. The fourth-order valence-corrected chi connectivity index (χ4v) is 2.83. The van der Waals surface area contributed by atoms with E-state index in [4.69, 9.17) is 20.2 Å². The van der Waals surface area contributed by atoms with Gasteiger partial charge in [0, 0.05) is 10.7 Å². The number of esters is 1. The van der Waals surface area contributed by atoms with E-state index < -0.39 is 15.2 Å². The highest BCUT2D eigenvalue weighted by Gasteiger charge is 2.28. The van der Waals surface area contributed by atoms with Gasteiger partial charge in [-0.1, -0.05) is 13.8 Å². The highest BCUT2D eigenvalue weighted by molar-refractivity contribution is 8.13. The van der Waals surface area contributed by atoms with Gasteiger partial charge >= 0.3 is 5.97 Å². The van der Waals surface area contributed by atoms with Gasteiger partial charge in [-0.05, 0) is 42.5 Å². The molecule has 1 aromatic carbocycles. The van der Waals surface area contributed by atoms with E-state index in [2.05, 4.69) is 0 Å². The molecule has 0 aliphatic carbocycles. The monoisotopic (exact) mass is 332 g/mol. The Morgan fingerprint density at radius 3 is 2.81 bits per heavy atom. The average Bonchev–Trinajstić information content (AvgIpc) is 2.42. The minimum Gasteiger partial charge on any atom is -0.478 e. The maximum Gasteiger partial charge on any atom is 0.347 e. The van der Waals surface area contributed by atoms with Crippen molar-refractivity contribution in [2.45, 2.75) is 37.7 Å². The molecule has 0 bridgehead atoms. The van der Waals surface area contributed by atoms with E-state index in [-0.39, 0.29) is 16.8 Å². The molecule has 0 N–H and O–H groups in total. The van der Waals surface area contributed by atoms with Crippen LogP contribution in [-0.2, 0) is 25.0 Å². The van der Waals surface area contributed by atoms with Crippen LogP contribution in [0.4, 0.5) is 0 Å². The maximum absolute atomic E-state index is 11.9. The number of hydrogen-bond acceptors (Lipinski definition) is 5.